The first-order chi connectivity index (χ1) is 8.42. The summed E-state index contributed by atoms with van der Waals surface area (Å²) in [6, 6.07) is 21.9. The molecule has 0 heterocycles. The van der Waals surface area contributed by atoms with Gasteiger partial charge in [-0.2, -0.15) is 0 Å². The van der Waals surface area contributed by atoms with E-state index < -0.39 is 0 Å². The first-order valence-corrected chi connectivity index (χ1v) is 7.82. The van der Waals surface area contributed by atoms with Crippen LogP contribution in [0.2, 0.25) is 0 Å². The Hall–Kier alpha value is -0.130. The summed E-state index contributed by atoms with van der Waals surface area (Å²) in [5, 5.41) is 3.00. The standard InChI is InChI=1S/C16H19P.Na.H/c1-2-3-14-17(15-10-6-4-7-11-15)16-12-8-5-9-13-16;;/h4-13H,2-3,14H2,1H3;;/q;+1;-1. The third-order valence-corrected chi connectivity index (χ3v) is 5.48. The minimum atomic E-state index is -0.157. The summed E-state index contributed by atoms with van der Waals surface area (Å²) in [7, 11) is -0.157. The van der Waals surface area contributed by atoms with Crippen molar-refractivity contribution < 1.29 is 31.0 Å². The third-order valence-electron chi connectivity index (χ3n) is 2.87. The second-order valence-electron chi connectivity index (χ2n) is 4.18. The molecule has 0 amide bonds. The van der Waals surface area contributed by atoms with E-state index in [-0.39, 0.29) is 38.9 Å². The summed E-state index contributed by atoms with van der Waals surface area (Å²) in [5.74, 6) is 0. The SMILES string of the molecule is CCCCP(c1ccccc1)c1ccccc1.[H-].[Na+]. The van der Waals surface area contributed by atoms with Crippen molar-refractivity contribution in [3.8, 4) is 0 Å². The van der Waals surface area contributed by atoms with Gasteiger partial charge in [-0.25, -0.2) is 0 Å². The van der Waals surface area contributed by atoms with Gasteiger partial charge in [-0.1, -0.05) is 74.0 Å². The molecule has 2 aromatic carbocycles. The van der Waals surface area contributed by atoms with Gasteiger partial charge in [-0.05, 0) is 31.1 Å². The molecule has 0 fully saturated rings. The Balaban J connectivity index is 0.00000162. The molecular formula is C16H20NaP. The van der Waals surface area contributed by atoms with Crippen LogP contribution >= 0.6 is 7.92 Å². The Morgan fingerprint density at radius 3 is 1.67 bits per heavy atom. The molecule has 2 aromatic rings. The zero-order valence-corrected chi connectivity index (χ0v) is 14.2. The fourth-order valence-corrected chi connectivity index (χ4v) is 4.45. The molecule has 0 radical (unpaired) electrons. The number of unbranched alkanes of at least 4 members (excludes halogenated alkanes) is 1. The maximum atomic E-state index is 2.27. The molecule has 0 aromatic heterocycles. The van der Waals surface area contributed by atoms with Gasteiger partial charge in [0.1, 0.15) is 0 Å². The van der Waals surface area contributed by atoms with Crippen LogP contribution in [0.4, 0.5) is 0 Å². The van der Waals surface area contributed by atoms with E-state index in [2.05, 4.69) is 67.6 Å². The molecule has 0 N–H and O–H groups in total. The van der Waals surface area contributed by atoms with E-state index in [9.17, 15) is 0 Å². The predicted molar refractivity (Wildman–Crippen MR) is 80.0 cm³/mol. The van der Waals surface area contributed by atoms with Gasteiger partial charge in [-0.3, -0.25) is 0 Å². The number of hydrogen-bond donors (Lipinski definition) is 0. The first-order valence-electron chi connectivity index (χ1n) is 6.29. The molecule has 0 bridgehead atoms. The summed E-state index contributed by atoms with van der Waals surface area (Å²) in [6.45, 7) is 2.27. The van der Waals surface area contributed by atoms with Crippen LogP contribution in [-0.4, -0.2) is 6.16 Å². The normalized spacial score (nSPS) is 10.1. The van der Waals surface area contributed by atoms with Crippen LogP contribution in [-0.2, 0) is 0 Å². The van der Waals surface area contributed by atoms with Gasteiger partial charge in [0.2, 0.25) is 0 Å². The Labute approximate surface area is 135 Å². The van der Waals surface area contributed by atoms with Crippen molar-refractivity contribution in [3.05, 3.63) is 60.7 Å². The Morgan fingerprint density at radius 1 is 0.833 bits per heavy atom. The van der Waals surface area contributed by atoms with Gasteiger partial charge in [0.25, 0.3) is 0 Å². The molecule has 0 aliphatic carbocycles. The van der Waals surface area contributed by atoms with Crippen molar-refractivity contribution in [2.75, 3.05) is 6.16 Å². The van der Waals surface area contributed by atoms with E-state index in [1.807, 2.05) is 0 Å². The van der Waals surface area contributed by atoms with Crippen molar-refractivity contribution >= 4 is 18.5 Å². The van der Waals surface area contributed by atoms with E-state index >= 15 is 0 Å². The number of benzene rings is 2. The van der Waals surface area contributed by atoms with Crippen LogP contribution in [0.5, 0.6) is 0 Å². The summed E-state index contributed by atoms with van der Waals surface area (Å²) in [6.07, 6.45) is 3.90. The molecular weight excluding hydrogens is 246 g/mol. The molecule has 2 heteroatoms. The smallest absolute Gasteiger partial charge is 1.00 e. The van der Waals surface area contributed by atoms with Crippen molar-refractivity contribution in [2.24, 2.45) is 0 Å². The second kappa shape index (κ2) is 8.88. The monoisotopic (exact) mass is 266 g/mol. The van der Waals surface area contributed by atoms with Crippen LogP contribution in [0.25, 0.3) is 0 Å². The zero-order chi connectivity index (χ0) is 11.9. The topological polar surface area (TPSA) is 0 Å². The molecule has 0 nitrogen and oxygen atoms in total. The Bertz CT molecular complexity index is 394. The number of hydrogen-bond acceptors (Lipinski definition) is 0. The molecule has 0 aliphatic heterocycles. The summed E-state index contributed by atoms with van der Waals surface area (Å²) in [4.78, 5) is 0. The van der Waals surface area contributed by atoms with Gasteiger partial charge in [0.05, 0.1) is 0 Å². The van der Waals surface area contributed by atoms with Crippen LogP contribution in [0.3, 0.4) is 0 Å². The average molecular weight is 266 g/mol. The Morgan fingerprint density at radius 2 is 1.28 bits per heavy atom. The molecule has 0 atom stereocenters. The quantitative estimate of drug-likeness (QED) is 0.560. The Kier molecular flexibility index (Phi) is 7.86. The third kappa shape index (κ3) is 4.52. The van der Waals surface area contributed by atoms with E-state index in [1.165, 1.54) is 29.6 Å². The fraction of sp³-hybridized carbons (Fsp3) is 0.250. The summed E-state index contributed by atoms with van der Waals surface area (Å²) >= 11 is 0. The van der Waals surface area contributed by atoms with Crippen LogP contribution in [0, 0.1) is 0 Å². The summed E-state index contributed by atoms with van der Waals surface area (Å²) in [5.41, 5.74) is 0. The number of rotatable bonds is 5. The molecule has 0 unspecified atom stereocenters. The van der Waals surface area contributed by atoms with E-state index in [1.54, 1.807) is 0 Å². The second-order valence-corrected chi connectivity index (χ2v) is 6.51. The molecule has 0 saturated carbocycles. The average Bonchev–Trinajstić information content (AvgIpc) is 2.42. The van der Waals surface area contributed by atoms with E-state index in [0.29, 0.717) is 0 Å². The van der Waals surface area contributed by atoms with Gasteiger partial charge < -0.3 is 1.43 Å². The molecule has 0 spiro atoms. The molecule has 2 rings (SSSR count). The van der Waals surface area contributed by atoms with Gasteiger partial charge >= 0.3 is 29.6 Å². The van der Waals surface area contributed by atoms with Crippen molar-refractivity contribution in [1.82, 2.24) is 0 Å². The van der Waals surface area contributed by atoms with Gasteiger partial charge in [0, 0.05) is 0 Å². The minimum Gasteiger partial charge on any atom is -1.00 e. The zero-order valence-electron chi connectivity index (χ0n) is 12.3. The molecule has 90 valence electrons. The van der Waals surface area contributed by atoms with E-state index in [0.717, 1.165) is 0 Å². The minimum absolute atomic E-state index is 0. The molecule has 0 saturated heterocycles. The van der Waals surface area contributed by atoms with Gasteiger partial charge in [0.15, 0.2) is 0 Å². The molecule has 0 aliphatic rings. The van der Waals surface area contributed by atoms with Crippen LogP contribution in [0.15, 0.2) is 60.7 Å². The molecule has 18 heavy (non-hydrogen) atoms. The first kappa shape index (κ1) is 15.9. The van der Waals surface area contributed by atoms with Crippen molar-refractivity contribution in [2.45, 2.75) is 19.8 Å². The van der Waals surface area contributed by atoms with Gasteiger partial charge in [-0.15, -0.1) is 0 Å². The largest absolute Gasteiger partial charge is 1.00 e. The van der Waals surface area contributed by atoms with Crippen molar-refractivity contribution in [1.29, 1.82) is 0 Å². The van der Waals surface area contributed by atoms with Crippen molar-refractivity contribution in [3.63, 3.8) is 0 Å². The van der Waals surface area contributed by atoms with Crippen LogP contribution < -0.4 is 40.2 Å². The summed E-state index contributed by atoms with van der Waals surface area (Å²) < 4.78 is 0. The fourth-order valence-electron chi connectivity index (χ4n) is 1.94. The predicted octanol–water partition coefficient (Wildman–Crippen LogP) is 1.04. The van der Waals surface area contributed by atoms with E-state index in [4.69, 9.17) is 0 Å². The van der Waals surface area contributed by atoms with Crippen LogP contribution in [0.1, 0.15) is 21.2 Å². The maximum absolute atomic E-state index is 2.27. The maximum Gasteiger partial charge on any atom is 1.00 e.